The van der Waals surface area contributed by atoms with Gasteiger partial charge in [-0.05, 0) is 36.8 Å². The average Bonchev–Trinajstić information content (AvgIpc) is 2.74. The molecule has 0 radical (unpaired) electrons. The minimum Gasteiger partial charge on any atom is -0.478 e. The van der Waals surface area contributed by atoms with E-state index >= 15 is 0 Å². The van der Waals surface area contributed by atoms with Gasteiger partial charge >= 0.3 is 5.97 Å². The van der Waals surface area contributed by atoms with Crippen LogP contribution >= 0.6 is 0 Å². The molecule has 1 N–H and O–H groups in total. The zero-order valence-electron chi connectivity index (χ0n) is 9.24. The van der Waals surface area contributed by atoms with Gasteiger partial charge in [0, 0.05) is 18.5 Å². The van der Waals surface area contributed by atoms with Crippen molar-refractivity contribution in [2.24, 2.45) is 0 Å². The summed E-state index contributed by atoms with van der Waals surface area (Å²) in [6, 6.07) is 5.46. The average molecular weight is 229 g/mol. The van der Waals surface area contributed by atoms with Gasteiger partial charge in [-0.2, -0.15) is 5.10 Å². The molecule has 0 aliphatic rings. The van der Waals surface area contributed by atoms with E-state index < -0.39 is 5.97 Å². The number of hydrogen-bond donors (Lipinski definition) is 1. The molecule has 86 valence electrons. The second-order valence-corrected chi connectivity index (χ2v) is 3.52. The van der Waals surface area contributed by atoms with Gasteiger partial charge < -0.3 is 5.11 Å². The maximum atomic E-state index is 10.3. The summed E-state index contributed by atoms with van der Waals surface area (Å²) >= 11 is 0. The Bertz CT molecular complexity index is 555. The fourth-order valence-corrected chi connectivity index (χ4v) is 1.34. The van der Waals surface area contributed by atoms with Gasteiger partial charge in [-0.15, -0.1) is 0 Å². The number of aliphatic carboxylic acids is 1. The molecule has 2 heterocycles. The molecule has 0 fully saturated rings. The summed E-state index contributed by atoms with van der Waals surface area (Å²) in [4.78, 5) is 14.5. The summed E-state index contributed by atoms with van der Waals surface area (Å²) in [5, 5.41) is 12.7. The monoisotopic (exact) mass is 229 g/mol. The van der Waals surface area contributed by atoms with E-state index in [2.05, 4.69) is 10.1 Å². The largest absolute Gasteiger partial charge is 0.478 e. The minimum absolute atomic E-state index is 0.700. The summed E-state index contributed by atoms with van der Waals surface area (Å²) < 4.78 is 1.67. The van der Waals surface area contributed by atoms with E-state index in [0.717, 1.165) is 17.3 Å². The van der Waals surface area contributed by atoms with Crippen LogP contribution in [-0.2, 0) is 4.79 Å². The lowest BCUT2D eigenvalue weighted by molar-refractivity contribution is -0.131. The molecule has 0 aromatic carbocycles. The van der Waals surface area contributed by atoms with Gasteiger partial charge in [-0.3, -0.25) is 0 Å². The second kappa shape index (κ2) is 4.61. The van der Waals surface area contributed by atoms with Crippen molar-refractivity contribution in [2.75, 3.05) is 0 Å². The minimum atomic E-state index is -0.975. The Morgan fingerprint density at radius 2 is 2.24 bits per heavy atom. The third-order valence-electron chi connectivity index (χ3n) is 2.15. The SMILES string of the molecule is Cc1ccn(-c2ccc(/C=C/C(=O)O)cn2)n1. The fourth-order valence-electron chi connectivity index (χ4n) is 1.34. The van der Waals surface area contributed by atoms with Gasteiger partial charge in [0.15, 0.2) is 5.82 Å². The first-order valence-corrected chi connectivity index (χ1v) is 5.05. The summed E-state index contributed by atoms with van der Waals surface area (Å²) in [7, 11) is 0. The number of aromatic nitrogens is 3. The van der Waals surface area contributed by atoms with Crippen molar-refractivity contribution in [1.29, 1.82) is 0 Å². The van der Waals surface area contributed by atoms with Crippen LogP contribution in [0.25, 0.3) is 11.9 Å². The van der Waals surface area contributed by atoms with E-state index in [0.29, 0.717) is 5.82 Å². The second-order valence-electron chi connectivity index (χ2n) is 3.52. The molecule has 0 aliphatic heterocycles. The molecule has 0 saturated heterocycles. The van der Waals surface area contributed by atoms with Crippen molar-refractivity contribution in [3.63, 3.8) is 0 Å². The number of nitrogens with zero attached hydrogens (tertiary/aromatic N) is 3. The van der Waals surface area contributed by atoms with Gasteiger partial charge in [0.25, 0.3) is 0 Å². The Morgan fingerprint density at radius 3 is 2.76 bits per heavy atom. The normalized spacial score (nSPS) is 10.9. The smallest absolute Gasteiger partial charge is 0.328 e. The third-order valence-corrected chi connectivity index (χ3v) is 2.15. The van der Waals surface area contributed by atoms with Crippen LogP contribution < -0.4 is 0 Å². The molecular formula is C12H11N3O2. The molecule has 0 bridgehead atoms. The quantitative estimate of drug-likeness (QED) is 0.813. The number of carboxylic acids is 1. The van der Waals surface area contributed by atoms with E-state index in [1.807, 2.05) is 19.2 Å². The highest BCUT2D eigenvalue weighted by Crippen LogP contribution is 2.07. The maximum absolute atomic E-state index is 10.3. The zero-order chi connectivity index (χ0) is 12.3. The first-order chi connectivity index (χ1) is 8.15. The molecule has 5 nitrogen and oxygen atoms in total. The maximum Gasteiger partial charge on any atom is 0.328 e. The van der Waals surface area contributed by atoms with Gasteiger partial charge in [-0.25, -0.2) is 14.5 Å². The molecule has 0 atom stereocenters. The molecule has 2 aromatic heterocycles. The lowest BCUT2D eigenvalue weighted by atomic mass is 10.2. The molecule has 0 unspecified atom stereocenters. The molecular weight excluding hydrogens is 218 g/mol. The van der Waals surface area contributed by atoms with E-state index in [-0.39, 0.29) is 0 Å². The lowest BCUT2D eigenvalue weighted by Crippen LogP contribution is -1.98. The molecule has 0 aliphatic carbocycles. The van der Waals surface area contributed by atoms with Gasteiger partial charge in [0.05, 0.1) is 5.69 Å². The van der Waals surface area contributed by atoms with Crippen LogP contribution in [0.4, 0.5) is 0 Å². The van der Waals surface area contributed by atoms with E-state index in [4.69, 9.17) is 5.11 Å². The number of pyridine rings is 1. The van der Waals surface area contributed by atoms with E-state index in [1.54, 1.807) is 23.0 Å². The molecule has 2 rings (SSSR count). The number of carbonyl (C=O) groups is 1. The zero-order valence-corrected chi connectivity index (χ0v) is 9.24. The third kappa shape index (κ3) is 2.78. The first kappa shape index (κ1) is 11.1. The van der Waals surface area contributed by atoms with Crippen molar-refractivity contribution in [3.05, 3.63) is 47.9 Å². The molecule has 5 heteroatoms. The number of carboxylic acid groups (broad SMARTS) is 1. The highest BCUT2D eigenvalue weighted by atomic mass is 16.4. The van der Waals surface area contributed by atoms with Gasteiger partial charge in [-0.1, -0.05) is 0 Å². The Balaban J connectivity index is 2.21. The van der Waals surface area contributed by atoms with Crippen LogP contribution in [0.3, 0.4) is 0 Å². The molecule has 0 spiro atoms. The summed E-state index contributed by atoms with van der Waals surface area (Å²) in [6.45, 7) is 1.90. The molecule has 2 aromatic rings. The molecule has 0 amide bonds. The van der Waals surface area contributed by atoms with Crippen molar-refractivity contribution < 1.29 is 9.90 Å². The van der Waals surface area contributed by atoms with Crippen LogP contribution in [0.5, 0.6) is 0 Å². The molecule has 17 heavy (non-hydrogen) atoms. The van der Waals surface area contributed by atoms with Crippen molar-refractivity contribution in [2.45, 2.75) is 6.92 Å². The van der Waals surface area contributed by atoms with Crippen LogP contribution in [-0.4, -0.2) is 25.8 Å². The van der Waals surface area contributed by atoms with Crippen LogP contribution in [0.1, 0.15) is 11.3 Å². The van der Waals surface area contributed by atoms with E-state index in [9.17, 15) is 4.79 Å². The summed E-state index contributed by atoms with van der Waals surface area (Å²) in [5.41, 5.74) is 1.65. The van der Waals surface area contributed by atoms with E-state index in [1.165, 1.54) is 6.08 Å². The van der Waals surface area contributed by atoms with Gasteiger partial charge in [0.2, 0.25) is 0 Å². The van der Waals surface area contributed by atoms with Crippen molar-refractivity contribution in [1.82, 2.24) is 14.8 Å². The predicted molar refractivity (Wildman–Crippen MR) is 62.8 cm³/mol. The Hall–Kier alpha value is -2.43. The lowest BCUT2D eigenvalue weighted by Gasteiger charge is -2.00. The Kier molecular flexibility index (Phi) is 3.00. The van der Waals surface area contributed by atoms with Crippen molar-refractivity contribution >= 4 is 12.0 Å². The number of rotatable bonds is 3. The fraction of sp³-hybridized carbons (Fsp3) is 0.0833. The van der Waals surface area contributed by atoms with Gasteiger partial charge in [0.1, 0.15) is 0 Å². The topological polar surface area (TPSA) is 68.0 Å². The molecule has 0 saturated carbocycles. The number of aryl methyl sites for hydroxylation is 1. The Morgan fingerprint density at radius 1 is 1.41 bits per heavy atom. The highest BCUT2D eigenvalue weighted by Gasteiger charge is 1.99. The standard InChI is InChI=1S/C12H11N3O2/c1-9-6-7-15(14-9)11-4-2-10(8-13-11)3-5-12(16)17/h2-8H,1H3,(H,16,17)/b5-3+. The first-order valence-electron chi connectivity index (χ1n) is 5.05. The van der Waals surface area contributed by atoms with Crippen LogP contribution in [0.2, 0.25) is 0 Å². The number of hydrogen-bond acceptors (Lipinski definition) is 3. The van der Waals surface area contributed by atoms with Crippen LogP contribution in [0, 0.1) is 6.92 Å². The summed E-state index contributed by atoms with van der Waals surface area (Å²) in [5.74, 6) is -0.276. The van der Waals surface area contributed by atoms with Crippen molar-refractivity contribution in [3.8, 4) is 5.82 Å². The highest BCUT2D eigenvalue weighted by molar-refractivity contribution is 5.85. The Labute approximate surface area is 98.0 Å². The summed E-state index contributed by atoms with van der Waals surface area (Å²) in [6.07, 6.45) is 6.00. The predicted octanol–water partition coefficient (Wildman–Crippen LogP) is 1.67. The van der Waals surface area contributed by atoms with Crippen LogP contribution in [0.15, 0.2) is 36.7 Å².